The number of urea groups is 1. The van der Waals surface area contributed by atoms with Crippen molar-refractivity contribution in [2.75, 3.05) is 18.5 Å². The number of aryl methyl sites for hydroxylation is 1. The summed E-state index contributed by atoms with van der Waals surface area (Å²) in [7, 11) is 1.73. The fourth-order valence-corrected chi connectivity index (χ4v) is 4.15. The van der Waals surface area contributed by atoms with E-state index >= 15 is 0 Å². The van der Waals surface area contributed by atoms with E-state index < -0.39 is 12.2 Å². The number of guanidine groups is 1. The highest BCUT2D eigenvalue weighted by atomic mass is 16.2. The number of anilines is 1. The van der Waals surface area contributed by atoms with Crippen LogP contribution in [0.5, 0.6) is 0 Å². The number of benzene rings is 1. The summed E-state index contributed by atoms with van der Waals surface area (Å²) >= 11 is 0. The SMILES string of the molecule is CCCN1C(=O)C2C(N=C3N(c4ccccc4C)C(C)=C(C)N32)N(C)C1=O. The van der Waals surface area contributed by atoms with Gasteiger partial charge in [0.25, 0.3) is 5.91 Å². The van der Waals surface area contributed by atoms with Crippen LogP contribution < -0.4 is 4.90 Å². The van der Waals surface area contributed by atoms with Gasteiger partial charge in [-0.1, -0.05) is 25.1 Å². The number of carbonyl (C=O) groups is 2. The summed E-state index contributed by atoms with van der Waals surface area (Å²) in [4.78, 5) is 37.7. The summed E-state index contributed by atoms with van der Waals surface area (Å²) in [5, 5.41) is 0. The number of amides is 3. The van der Waals surface area contributed by atoms with Crippen molar-refractivity contribution in [3.05, 3.63) is 41.2 Å². The maximum Gasteiger partial charge on any atom is 0.328 e. The van der Waals surface area contributed by atoms with Gasteiger partial charge in [0, 0.05) is 25.0 Å². The lowest BCUT2D eigenvalue weighted by atomic mass is 10.1. The van der Waals surface area contributed by atoms with Gasteiger partial charge in [-0.2, -0.15) is 0 Å². The lowest BCUT2D eigenvalue weighted by Crippen LogP contribution is -2.64. The first-order valence-electron chi connectivity index (χ1n) is 9.37. The molecule has 0 aromatic heterocycles. The van der Waals surface area contributed by atoms with Crippen molar-refractivity contribution in [3.8, 4) is 0 Å². The van der Waals surface area contributed by atoms with Crippen molar-refractivity contribution < 1.29 is 9.59 Å². The molecule has 4 rings (SSSR count). The number of para-hydroxylation sites is 1. The minimum absolute atomic E-state index is 0.164. The summed E-state index contributed by atoms with van der Waals surface area (Å²) in [6.45, 7) is 8.52. The molecule has 142 valence electrons. The van der Waals surface area contributed by atoms with E-state index in [1.54, 1.807) is 11.9 Å². The van der Waals surface area contributed by atoms with E-state index in [0.717, 1.165) is 35.0 Å². The Hall–Kier alpha value is -2.83. The van der Waals surface area contributed by atoms with Crippen molar-refractivity contribution in [2.24, 2.45) is 4.99 Å². The standard InChI is InChI=1S/C20H25N5O2/c1-6-11-23-18(26)16-17(22(5)20(23)27)21-19-24(13(3)14(4)25(16)19)15-10-8-7-9-12(15)2/h7-10,16-17H,6,11H2,1-5H3. The van der Waals surface area contributed by atoms with Gasteiger partial charge in [-0.05, 0) is 38.8 Å². The molecule has 7 heteroatoms. The average Bonchev–Trinajstić information content (AvgIpc) is 3.14. The minimum atomic E-state index is -0.502. The molecule has 1 aromatic carbocycles. The largest absolute Gasteiger partial charge is 0.328 e. The van der Waals surface area contributed by atoms with Crippen LogP contribution in [0, 0.1) is 6.92 Å². The van der Waals surface area contributed by atoms with Crippen LogP contribution in [-0.4, -0.2) is 58.4 Å². The fraction of sp³-hybridized carbons (Fsp3) is 0.450. The summed E-state index contributed by atoms with van der Waals surface area (Å²) in [6, 6.07) is 7.35. The maximum atomic E-state index is 13.2. The van der Waals surface area contributed by atoms with Crippen molar-refractivity contribution in [3.63, 3.8) is 0 Å². The summed E-state index contributed by atoms with van der Waals surface area (Å²) in [6.07, 6.45) is 0.238. The molecule has 0 radical (unpaired) electrons. The molecule has 0 N–H and O–H groups in total. The summed E-state index contributed by atoms with van der Waals surface area (Å²) in [5.41, 5.74) is 4.22. The molecule has 3 amide bonds. The van der Waals surface area contributed by atoms with E-state index in [0.29, 0.717) is 6.54 Å². The van der Waals surface area contributed by atoms with E-state index in [2.05, 4.69) is 24.0 Å². The lowest BCUT2D eigenvalue weighted by molar-refractivity contribution is -0.136. The van der Waals surface area contributed by atoms with E-state index in [-0.39, 0.29) is 11.9 Å². The molecular weight excluding hydrogens is 342 g/mol. The van der Waals surface area contributed by atoms with Gasteiger partial charge in [-0.25, -0.2) is 9.79 Å². The van der Waals surface area contributed by atoms with E-state index in [9.17, 15) is 9.59 Å². The highest BCUT2D eigenvalue weighted by molar-refractivity contribution is 6.10. The zero-order chi connectivity index (χ0) is 19.5. The molecule has 1 saturated heterocycles. The molecule has 0 spiro atoms. The molecule has 3 aliphatic rings. The number of carbonyl (C=O) groups excluding carboxylic acids is 2. The van der Waals surface area contributed by atoms with Crippen LogP contribution >= 0.6 is 0 Å². The number of nitrogens with zero attached hydrogens (tertiary/aromatic N) is 5. The summed E-state index contributed by atoms with van der Waals surface area (Å²) < 4.78 is 0. The van der Waals surface area contributed by atoms with Crippen LogP contribution in [0.15, 0.2) is 40.7 Å². The quantitative estimate of drug-likeness (QED) is 0.824. The predicted octanol–water partition coefficient (Wildman–Crippen LogP) is 2.74. The number of likely N-dealkylation sites (N-methyl/N-ethyl adjacent to an activating group) is 1. The Balaban J connectivity index is 1.80. The molecule has 3 aliphatic heterocycles. The van der Waals surface area contributed by atoms with E-state index in [1.165, 1.54) is 4.90 Å². The van der Waals surface area contributed by atoms with Crippen molar-refractivity contribution >= 4 is 23.6 Å². The minimum Gasteiger partial charge on any atom is -0.302 e. The highest BCUT2D eigenvalue weighted by Gasteiger charge is 2.55. The van der Waals surface area contributed by atoms with Gasteiger partial charge >= 0.3 is 6.03 Å². The zero-order valence-corrected chi connectivity index (χ0v) is 16.4. The molecule has 2 atom stereocenters. The van der Waals surface area contributed by atoms with Gasteiger partial charge in [0.15, 0.2) is 12.2 Å². The van der Waals surface area contributed by atoms with Crippen molar-refractivity contribution in [1.29, 1.82) is 0 Å². The third-order valence-electron chi connectivity index (χ3n) is 5.70. The van der Waals surface area contributed by atoms with Crippen molar-refractivity contribution in [1.82, 2.24) is 14.7 Å². The van der Waals surface area contributed by atoms with Crippen LogP contribution in [0.3, 0.4) is 0 Å². The van der Waals surface area contributed by atoms with E-state index in [4.69, 9.17) is 4.99 Å². The Morgan fingerprint density at radius 2 is 1.78 bits per heavy atom. The first-order chi connectivity index (χ1) is 12.9. The second kappa shape index (κ2) is 6.11. The molecule has 0 aliphatic carbocycles. The molecule has 0 bridgehead atoms. The van der Waals surface area contributed by atoms with Crippen LogP contribution in [-0.2, 0) is 4.79 Å². The summed E-state index contributed by atoms with van der Waals surface area (Å²) in [5.74, 6) is 0.558. The van der Waals surface area contributed by atoms with Crippen LogP contribution in [0.2, 0.25) is 0 Å². The number of hydrogen-bond acceptors (Lipinski definition) is 5. The topological polar surface area (TPSA) is 59.5 Å². The molecule has 3 heterocycles. The molecule has 1 aromatic rings. The average molecular weight is 367 g/mol. The smallest absolute Gasteiger partial charge is 0.302 e. The number of fused-ring (bicyclic) bond motifs is 3. The maximum absolute atomic E-state index is 13.2. The van der Waals surface area contributed by atoms with Crippen LogP contribution in [0.4, 0.5) is 10.5 Å². The van der Waals surface area contributed by atoms with Gasteiger partial charge in [0.1, 0.15) is 0 Å². The molecule has 27 heavy (non-hydrogen) atoms. The van der Waals surface area contributed by atoms with E-state index in [1.807, 2.05) is 37.8 Å². The molecule has 0 saturated carbocycles. The van der Waals surface area contributed by atoms with Gasteiger partial charge < -0.3 is 4.90 Å². The normalized spacial score (nSPS) is 24.7. The Kier molecular flexibility index (Phi) is 3.98. The lowest BCUT2D eigenvalue weighted by Gasteiger charge is -2.40. The Morgan fingerprint density at radius 1 is 1.07 bits per heavy atom. The monoisotopic (exact) mass is 367 g/mol. The Labute approximate surface area is 159 Å². The third-order valence-corrected chi connectivity index (χ3v) is 5.70. The van der Waals surface area contributed by atoms with Gasteiger partial charge in [-0.3, -0.25) is 19.5 Å². The Bertz CT molecular complexity index is 890. The number of aliphatic imine (C=N–C) groups is 1. The van der Waals surface area contributed by atoms with Crippen molar-refractivity contribution in [2.45, 2.75) is 46.3 Å². The number of allylic oxidation sites excluding steroid dienone is 2. The van der Waals surface area contributed by atoms with Gasteiger partial charge in [-0.15, -0.1) is 0 Å². The highest BCUT2D eigenvalue weighted by Crippen LogP contribution is 2.40. The molecular formula is C20H25N5O2. The predicted molar refractivity (Wildman–Crippen MR) is 104 cm³/mol. The van der Waals surface area contributed by atoms with Gasteiger partial charge in [0.2, 0.25) is 5.96 Å². The molecule has 7 nitrogen and oxygen atoms in total. The third kappa shape index (κ3) is 2.30. The molecule has 1 fully saturated rings. The second-order valence-corrected chi connectivity index (χ2v) is 7.33. The van der Waals surface area contributed by atoms with Crippen LogP contribution in [0.1, 0.15) is 32.8 Å². The number of rotatable bonds is 3. The zero-order valence-electron chi connectivity index (χ0n) is 16.4. The first kappa shape index (κ1) is 17.6. The Morgan fingerprint density at radius 3 is 2.44 bits per heavy atom. The van der Waals surface area contributed by atoms with Crippen LogP contribution in [0.25, 0.3) is 0 Å². The fourth-order valence-electron chi connectivity index (χ4n) is 4.15. The second-order valence-electron chi connectivity index (χ2n) is 7.33. The van der Waals surface area contributed by atoms with Gasteiger partial charge in [0.05, 0.1) is 5.69 Å². The number of hydrogen-bond donors (Lipinski definition) is 0. The first-order valence-corrected chi connectivity index (χ1v) is 9.37. The molecule has 2 unspecified atom stereocenters. The number of imide groups is 1.